The molecule has 0 aliphatic heterocycles. The first kappa shape index (κ1) is 17.7. The van der Waals surface area contributed by atoms with Gasteiger partial charge in [0.25, 0.3) is 0 Å². The molecule has 0 aromatic heterocycles. The van der Waals surface area contributed by atoms with E-state index in [2.05, 4.69) is 37.9 Å². The Bertz CT molecular complexity index is 223. The van der Waals surface area contributed by atoms with E-state index in [0.717, 1.165) is 13.1 Å². The summed E-state index contributed by atoms with van der Waals surface area (Å²) in [5.41, 5.74) is -0.135. The Hall–Kier alpha value is -0.290. The Morgan fingerprint density at radius 1 is 1.11 bits per heavy atom. The van der Waals surface area contributed by atoms with Gasteiger partial charge in [-0.2, -0.15) is 13.2 Å². The van der Waals surface area contributed by atoms with Crippen molar-refractivity contribution in [3.63, 3.8) is 0 Å². The van der Waals surface area contributed by atoms with E-state index in [1.807, 2.05) is 7.05 Å². The molecule has 0 bridgehead atoms. The summed E-state index contributed by atoms with van der Waals surface area (Å²) in [4.78, 5) is 2.28. The molecule has 0 radical (unpaired) electrons. The number of alkyl halides is 3. The summed E-state index contributed by atoms with van der Waals surface area (Å²) < 4.78 is 36.5. The number of hydrogen-bond donors (Lipinski definition) is 1. The van der Waals surface area contributed by atoms with E-state index in [4.69, 9.17) is 0 Å². The van der Waals surface area contributed by atoms with Gasteiger partial charge in [0.15, 0.2) is 0 Å². The van der Waals surface area contributed by atoms with Gasteiger partial charge in [-0.25, -0.2) is 0 Å². The lowest BCUT2D eigenvalue weighted by Crippen LogP contribution is -2.56. The van der Waals surface area contributed by atoms with Crippen LogP contribution in [0, 0.1) is 0 Å². The molecule has 0 saturated carbocycles. The highest BCUT2D eigenvalue weighted by atomic mass is 19.4. The fourth-order valence-electron chi connectivity index (χ4n) is 2.62. The van der Waals surface area contributed by atoms with E-state index in [9.17, 15) is 13.2 Å². The second kappa shape index (κ2) is 7.34. The van der Waals surface area contributed by atoms with Crippen molar-refractivity contribution < 1.29 is 13.2 Å². The SMILES string of the molecule is CCN(CC)C(C)(C)C(CCCC(F)(F)F)NC. The summed E-state index contributed by atoms with van der Waals surface area (Å²) in [6.45, 7) is 10.1. The highest BCUT2D eigenvalue weighted by molar-refractivity contribution is 4.92. The normalized spacial score (nSPS) is 15.2. The molecular weight excluding hydrogens is 241 g/mol. The number of likely N-dealkylation sites (N-methyl/N-ethyl adjacent to an activating group) is 2. The topological polar surface area (TPSA) is 15.3 Å². The molecule has 0 aliphatic rings. The van der Waals surface area contributed by atoms with E-state index in [1.165, 1.54) is 0 Å². The minimum atomic E-state index is -4.04. The van der Waals surface area contributed by atoms with E-state index in [-0.39, 0.29) is 18.0 Å². The Labute approximate surface area is 109 Å². The first-order valence-corrected chi connectivity index (χ1v) is 6.68. The van der Waals surface area contributed by atoms with Crippen LogP contribution in [0.25, 0.3) is 0 Å². The van der Waals surface area contributed by atoms with Crippen LogP contribution in [0.4, 0.5) is 13.2 Å². The first-order valence-electron chi connectivity index (χ1n) is 6.68. The van der Waals surface area contributed by atoms with Gasteiger partial charge in [-0.3, -0.25) is 4.90 Å². The molecule has 1 unspecified atom stereocenters. The lowest BCUT2D eigenvalue weighted by molar-refractivity contribution is -0.136. The van der Waals surface area contributed by atoms with Gasteiger partial charge in [-0.1, -0.05) is 13.8 Å². The minimum absolute atomic E-state index is 0.0692. The molecule has 1 N–H and O–H groups in total. The van der Waals surface area contributed by atoms with Crippen LogP contribution in [0.3, 0.4) is 0 Å². The highest BCUT2D eigenvalue weighted by Crippen LogP contribution is 2.26. The third kappa shape index (κ3) is 5.57. The Morgan fingerprint density at radius 2 is 1.61 bits per heavy atom. The second-order valence-corrected chi connectivity index (χ2v) is 5.17. The predicted octanol–water partition coefficient (Wildman–Crippen LogP) is 3.43. The molecule has 1 atom stereocenters. The standard InChI is InChI=1S/C13H27F3N2/c1-6-18(7-2)12(3,4)11(17-5)9-8-10-13(14,15)16/h11,17H,6-10H2,1-5H3. The summed E-state index contributed by atoms with van der Waals surface area (Å²) in [6.07, 6.45) is -4.02. The molecule has 0 amide bonds. The zero-order valence-corrected chi connectivity index (χ0v) is 12.2. The van der Waals surface area contributed by atoms with Crippen LogP contribution in [-0.2, 0) is 0 Å². The number of hydrogen-bond acceptors (Lipinski definition) is 2. The molecule has 5 heteroatoms. The first-order chi connectivity index (χ1) is 8.19. The maximum absolute atomic E-state index is 12.2. The van der Waals surface area contributed by atoms with Crippen LogP contribution < -0.4 is 5.32 Å². The lowest BCUT2D eigenvalue weighted by atomic mass is 9.88. The van der Waals surface area contributed by atoms with Crippen molar-refractivity contribution in [1.82, 2.24) is 10.2 Å². The van der Waals surface area contributed by atoms with Gasteiger partial charge in [-0.05, 0) is 46.8 Å². The van der Waals surface area contributed by atoms with Crippen molar-refractivity contribution in [2.24, 2.45) is 0 Å². The molecule has 18 heavy (non-hydrogen) atoms. The smallest absolute Gasteiger partial charge is 0.315 e. The van der Waals surface area contributed by atoms with Crippen LogP contribution in [0.5, 0.6) is 0 Å². The molecule has 2 nitrogen and oxygen atoms in total. The van der Waals surface area contributed by atoms with Crippen molar-refractivity contribution in [3.05, 3.63) is 0 Å². The van der Waals surface area contributed by atoms with Gasteiger partial charge in [0.2, 0.25) is 0 Å². The summed E-state index contributed by atoms with van der Waals surface area (Å²) >= 11 is 0. The third-order valence-corrected chi connectivity index (χ3v) is 3.73. The maximum atomic E-state index is 12.2. The van der Waals surface area contributed by atoms with Gasteiger partial charge in [0, 0.05) is 18.0 Å². The van der Waals surface area contributed by atoms with Crippen LogP contribution in [0.1, 0.15) is 47.0 Å². The van der Waals surface area contributed by atoms with E-state index >= 15 is 0 Å². The molecule has 110 valence electrons. The van der Waals surface area contributed by atoms with Gasteiger partial charge in [0.1, 0.15) is 0 Å². The zero-order chi connectivity index (χ0) is 14.4. The average molecular weight is 268 g/mol. The minimum Gasteiger partial charge on any atom is -0.315 e. The third-order valence-electron chi connectivity index (χ3n) is 3.73. The largest absolute Gasteiger partial charge is 0.389 e. The fourth-order valence-corrected chi connectivity index (χ4v) is 2.62. The molecule has 0 saturated heterocycles. The van der Waals surface area contributed by atoms with Crippen molar-refractivity contribution in [2.45, 2.75) is 64.7 Å². The summed E-state index contributed by atoms with van der Waals surface area (Å²) in [5.74, 6) is 0. The number of nitrogens with one attached hydrogen (secondary N) is 1. The van der Waals surface area contributed by atoms with Crippen molar-refractivity contribution in [3.8, 4) is 0 Å². The van der Waals surface area contributed by atoms with Gasteiger partial charge in [0.05, 0.1) is 0 Å². The molecule has 0 aromatic carbocycles. The second-order valence-electron chi connectivity index (χ2n) is 5.17. The van der Waals surface area contributed by atoms with E-state index in [1.54, 1.807) is 0 Å². The summed E-state index contributed by atoms with van der Waals surface area (Å²) in [5, 5.41) is 3.17. The predicted molar refractivity (Wildman–Crippen MR) is 69.8 cm³/mol. The number of rotatable bonds is 8. The van der Waals surface area contributed by atoms with E-state index < -0.39 is 12.6 Å². The van der Waals surface area contributed by atoms with Crippen LogP contribution >= 0.6 is 0 Å². The van der Waals surface area contributed by atoms with Gasteiger partial charge in [-0.15, -0.1) is 0 Å². The molecule has 0 spiro atoms. The molecular formula is C13H27F3N2. The fraction of sp³-hybridized carbons (Fsp3) is 1.00. The van der Waals surface area contributed by atoms with Crippen LogP contribution in [-0.4, -0.2) is 42.8 Å². The highest BCUT2D eigenvalue weighted by Gasteiger charge is 2.34. The maximum Gasteiger partial charge on any atom is 0.389 e. The van der Waals surface area contributed by atoms with Crippen molar-refractivity contribution >= 4 is 0 Å². The molecule has 0 rings (SSSR count). The quantitative estimate of drug-likeness (QED) is 0.725. The Morgan fingerprint density at radius 3 is 1.94 bits per heavy atom. The average Bonchev–Trinajstić information content (AvgIpc) is 2.23. The lowest BCUT2D eigenvalue weighted by Gasteiger charge is -2.43. The monoisotopic (exact) mass is 268 g/mol. The van der Waals surface area contributed by atoms with Gasteiger partial charge < -0.3 is 5.32 Å². The zero-order valence-electron chi connectivity index (χ0n) is 12.2. The number of halogens is 3. The number of nitrogens with zero attached hydrogens (tertiary/aromatic N) is 1. The summed E-state index contributed by atoms with van der Waals surface area (Å²) in [6, 6.07) is 0.0692. The molecule has 0 fully saturated rings. The Kier molecular flexibility index (Phi) is 7.22. The van der Waals surface area contributed by atoms with Crippen molar-refractivity contribution in [1.29, 1.82) is 0 Å². The van der Waals surface area contributed by atoms with E-state index in [0.29, 0.717) is 6.42 Å². The van der Waals surface area contributed by atoms with Gasteiger partial charge >= 0.3 is 6.18 Å². The molecule has 0 heterocycles. The molecule has 0 aliphatic carbocycles. The summed E-state index contributed by atoms with van der Waals surface area (Å²) in [7, 11) is 1.82. The van der Waals surface area contributed by atoms with Crippen molar-refractivity contribution in [2.75, 3.05) is 20.1 Å². The van der Waals surface area contributed by atoms with Crippen LogP contribution in [0.2, 0.25) is 0 Å². The van der Waals surface area contributed by atoms with Crippen LogP contribution in [0.15, 0.2) is 0 Å². The Balaban J connectivity index is 4.47. The molecule has 0 aromatic rings.